The summed E-state index contributed by atoms with van der Waals surface area (Å²) in [4.78, 5) is 11.4. The molecule has 1 rings (SSSR count). The van der Waals surface area contributed by atoms with Crippen LogP contribution >= 0.6 is 0 Å². The molecule has 1 amide bonds. The molecular weight excluding hydrogens is 442 g/mol. The van der Waals surface area contributed by atoms with Crippen LogP contribution in [0.3, 0.4) is 0 Å². The lowest BCUT2D eigenvalue weighted by Crippen LogP contribution is -2.70. The van der Waals surface area contributed by atoms with Crippen molar-refractivity contribution in [2.75, 3.05) is 12.4 Å². The number of para-hydroxylation sites is 2. The number of amides is 1. The monoisotopic (exact) mass is 451 g/mol. The molecule has 0 saturated carbocycles. The van der Waals surface area contributed by atoms with Crippen molar-refractivity contribution >= 4 is 11.6 Å². The van der Waals surface area contributed by atoms with E-state index >= 15 is 0 Å². The second kappa shape index (κ2) is 7.48. The third kappa shape index (κ3) is 3.66. The van der Waals surface area contributed by atoms with E-state index in [0.29, 0.717) is 0 Å². The summed E-state index contributed by atoms with van der Waals surface area (Å²) in [7, 11) is 0.916. The number of benzene rings is 1. The molecule has 0 aromatic heterocycles. The fourth-order valence-electron chi connectivity index (χ4n) is 1.83. The summed E-state index contributed by atoms with van der Waals surface area (Å²) in [6.07, 6.45) is -5.62. The van der Waals surface area contributed by atoms with Crippen molar-refractivity contribution in [2.24, 2.45) is 0 Å². The van der Waals surface area contributed by atoms with E-state index in [1.807, 2.05) is 0 Å². The van der Waals surface area contributed by atoms with Gasteiger partial charge < -0.3 is 10.1 Å². The highest BCUT2D eigenvalue weighted by Crippen LogP contribution is 2.58. The van der Waals surface area contributed by atoms with Crippen LogP contribution in [0.2, 0.25) is 0 Å². The number of anilines is 1. The molecule has 166 valence electrons. The van der Waals surface area contributed by atoms with Crippen molar-refractivity contribution in [3.8, 4) is 5.75 Å². The summed E-state index contributed by atoms with van der Waals surface area (Å²) in [5, 5.41) is 0.985. The highest BCUT2D eigenvalue weighted by atomic mass is 19.4. The third-order valence-corrected chi connectivity index (χ3v) is 3.52. The Morgan fingerprint density at radius 2 is 1.34 bits per heavy atom. The minimum Gasteiger partial charge on any atom is -0.495 e. The number of carbonyl (C=O) groups excluding carboxylic acids is 1. The first kappa shape index (κ1) is 24.7. The van der Waals surface area contributed by atoms with Gasteiger partial charge in [0, 0.05) is 0 Å². The van der Waals surface area contributed by atoms with Crippen molar-refractivity contribution in [2.45, 2.75) is 36.0 Å². The number of methoxy groups -OCH3 is 1. The highest BCUT2D eigenvalue weighted by Gasteiger charge is 2.89. The largest absolute Gasteiger partial charge is 0.495 e. The van der Waals surface area contributed by atoms with Crippen LogP contribution < -0.4 is 10.1 Å². The Morgan fingerprint density at radius 1 is 0.862 bits per heavy atom. The molecule has 0 fully saturated rings. The molecule has 0 radical (unpaired) electrons. The zero-order valence-electron chi connectivity index (χ0n) is 13.7. The highest BCUT2D eigenvalue weighted by molar-refractivity contribution is 5.98. The zero-order valence-corrected chi connectivity index (χ0v) is 13.7. The van der Waals surface area contributed by atoms with Crippen LogP contribution in [-0.2, 0) is 4.79 Å². The Hall–Kier alpha value is -2.35. The van der Waals surface area contributed by atoms with Gasteiger partial charge >= 0.3 is 41.9 Å². The Kier molecular flexibility index (Phi) is 6.37. The molecule has 0 atom stereocenters. The number of ether oxygens (including phenoxy) is 1. The van der Waals surface area contributed by atoms with E-state index in [1.54, 1.807) is 0 Å². The summed E-state index contributed by atoms with van der Waals surface area (Å²) in [6, 6.07) is 3.96. The summed E-state index contributed by atoms with van der Waals surface area (Å²) < 4.78 is 161. The molecule has 1 N–H and O–H groups in total. The van der Waals surface area contributed by atoms with Crippen molar-refractivity contribution < 1.29 is 62.2 Å². The second-order valence-electron chi connectivity index (χ2n) is 5.38. The summed E-state index contributed by atoms with van der Waals surface area (Å²) in [5.74, 6) is -40.6. The molecule has 15 heteroatoms. The van der Waals surface area contributed by atoms with Crippen LogP contribution in [-0.4, -0.2) is 49.1 Å². The van der Waals surface area contributed by atoms with Gasteiger partial charge in [0.05, 0.1) is 12.8 Å². The average molecular weight is 451 g/mol. The number of hydrogen-bond acceptors (Lipinski definition) is 2. The van der Waals surface area contributed by atoms with E-state index < -0.39 is 53.4 Å². The molecule has 1 aromatic rings. The fraction of sp³-hybridized carbons (Fsp3) is 0.500. The third-order valence-electron chi connectivity index (χ3n) is 3.52. The SMILES string of the molecule is COc1ccccc1NC(=O)C(F)(F)C(F)(F)C(F)(F)C(F)(F)C(F)(F)C(F)F. The quantitative estimate of drug-likeness (QED) is 0.561. The van der Waals surface area contributed by atoms with E-state index in [2.05, 4.69) is 4.74 Å². The van der Waals surface area contributed by atoms with Crippen molar-refractivity contribution in [1.29, 1.82) is 0 Å². The number of nitrogens with one attached hydrogen (secondary N) is 1. The first-order valence-electron chi connectivity index (χ1n) is 7.01. The molecule has 3 nitrogen and oxygen atoms in total. The lowest BCUT2D eigenvalue weighted by molar-refractivity contribution is -0.406. The minimum atomic E-state index is -7.78. The smallest absolute Gasteiger partial charge is 0.393 e. The van der Waals surface area contributed by atoms with Gasteiger partial charge in [-0.1, -0.05) is 12.1 Å². The van der Waals surface area contributed by atoms with E-state index in [4.69, 9.17) is 0 Å². The van der Waals surface area contributed by atoms with Crippen LogP contribution in [0.1, 0.15) is 0 Å². The maximum atomic E-state index is 13.7. The molecule has 29 heavy (non-hydrogen) atoms. The molecule has 0 bridgehead atoms. The predicted octanol–water partition coefficient (Wildman–Crippen LogP) is 5.08. The normalized spacial score (nSPS) is 14.1. The Balaban J connectivity index is 3.38. The van der Waals surface area contributed by atoms with E-state index in [1.165, 1.54) is 6.07 Å². The molecule has 0 spiro atoms. The summed E-state index contributed by atoms with van der Waals surface area (Å²) in [5.41, 5.74) is -0.802. The van der Waals surface area contributed by atoms with Crippen LogP contribution in [0.25, 0.3) is 0 Å². The minimum absolute atomic E-state index is 0.457. The van der Waals surface area contributed by atoms with Gasteiger partial charge in [-0.3, -0.25) is 4.79 Å². The van der Waals surface area contributed by atoms with Crippen LogP contribution in [0.5, 0.6) is 5.75 Å². The maximum absolute atomic E-state index is 13.7. The van der Waals surface area contributed by atoms with Crippen molar-refractivity contribution in [3.05, 3.63) is 24.3 Å². The van der Waals surface area contributed by atoms with E-state index in [0.717, 1.165) is 30.6 Å². The second-order valence-corrected chi connectivity index (χ2v) is 5.38. The number of rotatable bonds is 8. The lowest BCUT2D eigenvalue weighted by atomic mass is 9.94. The molecule has 0 unspecified atom stereocenters. The molecule has 0 saturated heterocycles. The van der Waals surface area contributed by atoms with Gasteiger partial charge in [0.15, 0.2) is 0 Å². The number of carbonyl (C=O) groups is 1. The van der Waals surface area contributed by atoms with E-state index in [9.17, 15) is 57.5 Å². The average Bonchev–Trinajstić information content (AvgIpc) is 2.61. The number of hydrogen-bond donors (Lipinski definition) is 1. The van der Waals surface area contributed by atoms with Crippen LogP contribution in [0, 0.1) is 0 Å². The van der Waals surface area contributed by atoms with Gasteiger partial charge in [0.25, 0.3) is 0 Å². The van der Waals surface area contributed by atoms with Crippen LogP contribution in [0.4, 0.5) is 58.4 Å². The predicted molar refractivity (Wildman–Crippen MR) is 72.4 cm³/mol. The Bertz CT molecular complexity index is 750. The fourth-order valence-corrected chi connectivity index (χ4v) is 1.83. The first-order valence-corrected chi connectivity index (χ1v) is 7.01. The Morgan fingerprint density at radius 3 is 1.79 bits per heavy atom. The first-order chi connectivity index (χ1) is 12.9. The van der Waals surface area contributed by atoms with Crippen molar-refractivity contribution in [1.82, 2.24) is 0 Å². The Labute approximate surface area is 153 Å². The number of halogens is 12. The summed E-state index contributed by atoms with van der Waals surface area (Å²) >= 11 is 0. The number of alkyl halides is 12. The summed E-state index contributed by atoms with van der Waals surface area (Å²) in [6.45, 7) is 0. The molecule has 0 aliphatic rings. The molecular formula is C14H9F12NO2. The molecule has 0 aliphatic carbocycles. The zero-order chi connectivity index (χ0) is 23.1. The molecule has 0 heterocycles. The van der Waals surface area contributed by atoms with Gasteiger partial charge in [-0.25, -0.2) is 8.78 Å². The van der Waals surface area contributed by atoms with Gasteiger partial charge in [0.1, 0.15) is 5.75 Å². The van der Waals surface area contributed by atoms with Gasteiger partial charge in [0.2, 0.25) is 0 Å². The van der Waals surface area contributed by atoms with Gasteiger partial charge in [-0.05, 0) is 12.1 Å². The van der Waals surface area contributed by atoms with Crippen molar-refractivity contribution in [3.63, 3.8) is 0 Å². The van der Waals surface area contributed by atoms with Gasteiger partial charge in [-0.15, -0.1) is 0 Å². The molecule has 1 aromatic carbocycles. The van der Waals surface area contributed by atoms with Gasteiger partial charge in [-0.2, -0.15) is 43.9 Å². The standard InChI is InChI=1S/C14H9F12NO2/c1-29-7-5-3-2-4-6(7)27-9(28)11(19,20)13(23,24)14(25,26)12(21,22)10(17,18)8(15)16/h2-5,8H,1H3,(H,27,28). The molecule has 0 aliphatic heterocycles. The van der Waals surface area contributed by atoms with E-state index in [-0.39, 0.29) is 0 Å². The van der Waals surface area contributed by atoms with Crippen LogP contribution in [0.15, 0.2) is 24.3 Å². The topological polar surface area (TPSA) is 38.3 Å². The maximum Gasteiger partial charge on any atom is 0.393 e. The lowest BCUT2D eigenvalue weighted by Gasteiger charge is -2.38.